The average Bonchev–Trinajstić information content (AvgIpc) is 2.60. The van der Waals surface area contributed by atoms with Crippen LogP contribution in [0.15, 0.2) is 28.9 Å². The molecule has 0 saturated heterocycles. The third-order valence-electron chi connectivity index (χ3n) is 2.44. The first-order valence-electron chi connectivity index (χ1n) is 5.57. The number of carbonyl (C=O) groups excluding carboxylic acids is 1. The van der Waals surface area contributed by atoms with Crippen LogP contribution in [0.2, 0.25) is 0 Å². The summed E-state index contributed by atoms with van der Waals surface area (Å²) in [5.41, 5.74) is 0.608. The van der Waals surface area contributed by atoms with Gasteiger partial charge >= 0.3 is 5.97 Å². The summed E-state index contributed by atoms with van der Waals surface area (Å²) in [7, 11) is 0. The first-order valence-corrected chi connectivity index (χ1v) is 6.37. The van der Waals surface area contributed by atoms with Crippen molar-refractivity contribution in [1.29, 1.82) is 0 Å². The van der Waals surface area contributed by atoms with Crippen LogP contribution in [-0.4, -0.2) is 16.2 Å². The summed E-state index contributed by atoms with van der Waals surface area (Å²) in [6, 6.07) is 5.39. The second-order valence-corrected chi connectivity index (χ2v) is 5.94. The molecule has 1 heterocycles. The molecule has 4 nitrogen and oxygen atoms in total. The predicted octanol–water partition coefficient (Wildman–Crippen LogP) is 3.07. The lowest BCUT2D eigenvalue weighted by atomic mass is 10.1. The number of aromatic nitrogens is 1. The average molecular weight is 311 g/mol. The number of rotatable bonds is 1. The molecule has 1 aromatic heterocycles. The van der Waals surface area contributed by atoms with E-state index >= 15 is 0 Å². The number of esters is 1. The van der Waals surface area contributed by atoms with Crippen LogP contribution in [0.25, 0.3) is 10.9 Å². The lowest BCUT2D eigenvalue weighted by molar-refractivity contribution is 0.00715. The normalized spacial score (nSPS) is 11.8. The van der Waals surface area contributed by atoms with Crippen molar-refractivity contribution < 1.29 is 9.53 Å². The first-order chi connectivity index (χ1) is 8.29. The number of ether oxygens (including phenoxy) is 1. The summed E-state index contributed by atoms with van der Waals surface area (Å²) in [5, 5.41) is 0.890. The first kappa shape index (κ1) is 13.0. The summed E-state index contributed by atoms with van der Waals surface area (Å²) in [4.78, 5) is 12.1. The quantitative estimate of drug-likeness (QED) is 0.650. The molecular weight excluding hydrogens is 296 g/mol. The van der Waals surface area contributed by atoms with Crippen molar-refractivity contribution in [2.75, 3.05) is 5.84 Å². The van der Waals surface area contributed by atoms with Gasteiger partial charge in [-0.2, -0.15) is 0 Å². The van der Waals surface area contributed by atoms with Crippen LogP contribution >= 0.6 is 15.9 Å². The molecule has 96 valence electrons. The summed E-state index contributed by atoms with van der Waals surface area (Å²) >= 11 is 3.43. The van der Waals surface area contributed by atoms with Gasteiger partial charge in [0.05, 0.1) is 11.1 Å². The standard InChI is InChI=1S/C13H15BrN2O2/c1-13(2,3)18-12(17)9-4-5-10(14)8-6-7-16(15)11(8)9/h4-7H,15H2,1-3H3. The Labute approximate surface area is 114 Å². The molecular formula is C13H15BrN2O2. The van der Waals surface area contributed by atoms with Gasteiger partial charge in [0.1, 0.15) is 5.60 Å². The van der Waals surface area contributed by atoms with Gasteiger partial charge < -0.3 is 10.6 Å². The van der Waals surface area contributed by atoms with E-state index in [-0.39, 0.29) is 5.97 Å². The molecule has 0 aliphatic rings. The number of carbonyl (C=O) groups is 1. The number of nitrogen functional groups attached to an aromatic ring is 1. The van der Waals surface area contributed by atoms with Crippen molar-refractivity contribution in [3.05, 3.63) is 34.4 Å². The number of hydrogen-bond donors (Lipinski definition) is 1. The van der Waals surface area contributed by atoms with E-state index in [0.29, 0.717) is 11.1 Å². The minimum Gasteiger partial charge on any atom is -0.456 e. The van der Waals surface area contributed by atoms with Crippen LogP contribution in [0.1, 0.15) is 31.1 Å². The highest BCUT2D eigenvalue weighted by molar-refractivity contribution is 9.10. The Bertz CT molecular complexity index is 611. The molecule has 0 bridgehead atoms. The third kappa shape index (κ3) is 2.36. The van der Waals surface area contributed by atoms with E-state index < -0.39 is 5.60 Å². The number of halogens is 1. The van der Waals surface area contributed by atoms with Crippen molar-refractivity contribution in [3.63, 3.8) is 0 Å². The number of nitrogens with two attached hydrogens (primary N) is 1. The summed E-state index contributed by atoms with van der Waals surface area (Å²) in [6.07, 6.45) is 1.71. The van der Waals surface area contributed by atoms with Crippen molar-refractivity contribution in [2.45, 2.75) is 26.4 Å². The van der Waals surface area contributed by atoms with E-state index in [0.717, 1.165) is 9.86 Å². The highest BCUT2D eigenvalue weighted by Gasteiger charge is 2.21. The Kier molecular flexibility index (Phi) is 3.11. The van der Waals surface area contributed by atoms with Gasteiger partial charge in [0.25, 0.3) is 0 Å². The van der Waals surface area contributed by atoms with Crippen molar-refractivity contribution >= 4 is 32.8 Å². The van der Waals surface area contributed by atoms with Crippen molar-refractivity contribution in [1.82, 2.24) is 4.68 Å². The van der Waals surface area contributed by atoms with Crippen LogP contribution in [-0.2, 0) is 4.74 Å². The molecule has 18 heavy (non-hydrogen) atoms. The fourth-order valence-electron chi connectivity index (χ4n) is 1.75. The van der Waals surface area contributed by atoms with Gasteiger partial charge in [-0.25, -0.2) is 4.79 Å². The van der Waals surface area contributed by atoms with E-state index in [4.69, 9.17) is 10.6 Å². The van der Waals surface area contributed by atoms with E-state index in [1.54, 1.807) is 12.3 Å². The van der Waals surface area contributed by atoms with Gasteiger partial charge in [-0.1, -0.05) is 15.9 Å². The monoisotopic (exact) mass is 310 g/mol. The molecule has 0 amide bonds. The van der Waals surface area contributed by atoms with Crippen LogP contribution < -0.4 is 5.84 Å². The van der Waals surface area contributed by atoms with Crippen LogP contribution in [0.5, 0.6) is 0 Å². The number of nitrogens with zero attached hydrogens (tertiary/aromatic N) is 1. The SMILES string of the molecule is CC(C)(C)OC(=O)c1ccc(Br)c2ccn(N)c12. The molecule has 0 aliphatic heterocycles. The van der Waals surface area contributed by atoms with Crippen LogP contribution in [0, 0.1) is 0 Å². The van der Waals surface area contributed by atoms with Crippen LogP contribution in [0.4, 0.5) is 0 Å². The topological polar surface area (TPSA) is 57.2 Å². The minimum absolute atomic E-state index is 0.370. The highest BCUT2D eigenvalue weighted by Crippen LogP contribution is 2.28. The number of fused-ring (bicyclic) bond motifs is 1. The Morgan fingerprint density at radius 3 is 2.61 bits per heavy atom. The Morgan fingerprint density at radius 1 is 1.33 bits per heavy atom. The zero-order chi connectivity index (χ0) is 13.5. The van der Waals surface area contributed by atoms with Gasteiger partial charge in [-0.05, 0) is 39.0 Å². The molecule has 0 atom stereocenters. The van der Waals surface area contributed by atoms with E-state index in [1.807, 2.05) is 32.9 Å². The minimum atomic E-state index is -0.525. The Morgan fingerprint density at radius 2 is 2.00 bits per heavy atom. The second-order valence-electron chi connectivity index (χ2n) is 5.08. The fraction of sp³-hybridized carbons (Fsp3) is 0.308. The van der Waals surface area contributed by atoms with Crippen LogP contribution in [0.3, 0.4) is 0 Å². The predicted molar refractivity (Wildman–Crippen MR) is 75.0 cm³/mol. The molecule has 2 rings (SSSR count). The molecule has 2 aromatic rings. The van der Waals surface area contributed by atoms with Crippen molar-refractivity contribution in [3.8, 4) is 0 Å². The third-order valence-corrected chi connectivity index (χ3v) is 3.13. The smallest absolute Gasteiger partial charge is 0.340 e. The van der Waals surface area contributed by atoms with Gasteiger partial charge in [0.15, 0.2) is 0 Å². The zero-order valence-corrected chi connectivity index (χ0v) is 12.1. The van der Waals surface area contributed by atoms with E-state index in [2.05, 4.69) is 15.9 Å². The Hall–Kier alpha value is -1.49. The molecule has 0 aliphatic carbocycles. The Balaban J connectivity index is 2.55. The highest BCUT2D eigenvalue weighted by atomic mass is 79.9. The largest absolute Gasteiger partial charge is 0.456 e. The van der Waals surface area contributed by atoms with E-state index in [1.165, 1.54) is 4.68 Å². The lowest BCUT2D eigenvalue weighted by Gasteiger charge is -2.20. The number of benzene rings is 1. The van der Waals surface area contributed by atoms with Gasteiger partial charge in [-0.3, -0.25) is 4.68 Å². The number of hydrogen-bond acceptors (Lipinski definition) is 3. The molecule has 0 saturated carbocycles. The van der Waals surface area contributed by atoms with Gasteiger partial charge in [0.2, 0.25) is 0 Å². The summed E-state index contributed by atoms with van der Waals surface area (Å²) in [5.74, 6) is 5.47. The van der Waals surface area contributed by atoms with Crippen molar-refractivity contribution in [2.24, 2.45) is 0 Å². The summed E-state index contributed by atoms with van der Waals surface area (Å²) in [6.45, 7) is 5.51. The molecule has 0 unspecified atom stereocenters. The zero-order valence-electron chi connectivity index (χ0n) is 10.5. The molecule has 0 radical (unpaired) electrons. The second kappa shape index (κ2) is 4.31. The molecule has 0 fully saturated rings. The molecule has 0 spiro atoms. The maximum atomic E-state index is 12.1. The maximum Gasteiger partial charge on any atom is 0.340 e. The van der Waals surface area contributed by atoms with Gasteiger partial charge in [0, 0.05) is 16.1 Å². The molecule has 5 heteroatoms. The van der Waals surface area contributed by atoms with E-state index in [9.17, 15) is 4.79 Å². The maximum absolute atomic E-state index is 12.1. The summed E-state index contributed by atoms with van der Waals surface area (Å²) < 4.78 is 7.70. The van der Waals surface area contributed by atoms with Gasteiger partial charge in [-0.15, -0.1) is 0 Å². The lowest BCUT2D eigenvalue weighted by Crippen LogP contribution is -2.24. The molecule has 2 N–H and O–H groups in total. The fourth-order valence-corrected chi connectivity index (χ4v) is 2.20. The molecule has 1 aromatic carbocycles.